The van der Waals surface area contributed by atoms with Crippen molar-refractivity contribution < 1.29 is 14.7 Å². The van der Waals surface area contributed by atoms with Gasteiger partial charge in [0.15, 0.2) is 0 Å². The lowest BCUT2D eigenvalue weighted by molar-refractivity contribution is 0.0690. The van der Waals surface area contributed by atoms with E-state index in [4.69, 9.17) is 5.11 Å². The topological polar surface area (TPSA) is 91.3 Å². The van der Waals surface area contributed by atoms with Crippen molar-refractivity contribution in [3.8, 4) is 0 Å². The van der Waals surface area contributed by atoms with Crippen molar-refractivity contribution in [2.24, 2.45) is 0 Å². The van der Waals surface area contributed by atoms with Crippen LogP contribution in [-0.4, -0.2) is 22.1 Å². The Morgan fingerprint density at radius 3 is 2.43 bits per heavy atom. The molecule has 0 aliphatic heterocycles. The molecular formula is C14H12IN3O3. The predicted molar refractivity (Wildman–Crippen MR) is 86.2 cm³/mol. The molecule has 0 spiro atoms. The zero-order valence-corrected chi connectivity index (χ0v) is 13.0. The molecule has 1 heterocycles. The molecule has 1 aromatic carbocycles. The van der Waals surface area contributed by atoms with Gasteiger partial charge in [-0.05, 0) is 58.5 Å². The van der Waals surface area contributed by atoms with Crippen LogP contribution in [0.15, 0.2) is 42.6 Å². The Labute approximate surface area is 134 Å². The van der Waals surface area contributed by atoms with E-state index < -0.39 is 5.97 Å². The summed E-state index contributed by atoms with van der Waals surface area (Å²) in [6.45, 7) is 0.267. The van der Waals surface area contributed by atoms with Crippen LogP contribution in [0.1, 0.15) is 16.1 Å². The maximum Gasteiger partial charge on any atom is 0.354 e. The number of benzene rings is 1. The summed E-state index contributed by atoms with van der Waals surface area (Å²) in [7, 11) is 0. The van der Waals surface area contributed by atoms with Gasteiger partial charge >= 0.3 is 12.0 Å². The SMILES string of the molecule is O=C(NCc1ccc(C(=O)O)nc1)Nc1ccc(I)cc1. The van der Waals surface area contributed by atoms with Crippen molar-refractivity contribution in [1.29, 1.82) is 0 Å². The Morgan fingerprint density at radius 2 is 1.86 bits per heavy atom. The van der Waals surface area contributed by atoms with Crippen LogP contribution < -0.4 is 10.6 Å². The summed E-state index contributed by atoms with van der Waals surface area (Å²) in [6.07, 6.45) is 1.43. The fraction of sp³-hybridized carbons (Fsp3) is 0.0714. The van der Waals surface area contributed by atoms with E-state index in [1.54, 1.807) is 6.07 Å². The van der Waals surface area contributed by atoms with Crippen molar-refractivity contribution in [3.05, 3.63) is 57.4 Å². The number of urea groups is 1. The molecule has 0 aliphatic carbocycles. The minimum absolute atomic E-state index is 0.0258. The second-order valence-corrected chi connectivity index (χ2v) is 5.42. The molecule has 0 atom stereocenters. The van der Waals surface area contributed by atoms with Gasteiger partial charge < -0.3 is 15.7 Å². The van der Waals surface area contributed by atoms with Crippen molar-refractivity contribution in [2.45, 2.75) is 6.54 Å². The number of aromatic nitrogens is 1. The summed E-state index contributed by atoms with van der Waals surface area (Å²) in [5, 5.41) is 14.1. The number of aromatic carboxylic acids is 1. The molecule has 2 amide bonds. The average molecular weight is 397 g/mol. The van der Waals surface area contributed by atoms with Gasteiger partial charge in [-0.1, -0.05) is 6.07 Å². The summed E-state index contributed by atoms with van der Waals surface area (Å²) in [6, 6.07) is 10.1. The number of nitrogens with one attached hydrogen (secondary N) is 2. The molecule has 1 aromatic heterocycles. The Balaban J connectivity index is 1.86. The zero-order valence-electron chi connectivity index (χ0n) is 10.8. The zero-order chi connectivity index (χ0) is 15.2. The highest BCUT2D eigenvalue weighted by molar-refractivity contribution is 14.1. The molecule has 2 rings (SSSR count). The van der Waals surface area contributed by atoms with Crippen molar-refractivity contribution >= 4 is 40.3 Å². The first-order valence-electron chi connectivity index (χ1n) is 6.03. The molecule has 0 radical (unpaired) electrons. The van der Waals surface area contributed by atoms with Gasteiger partial charge in [0.05, 0.1) is 0 Å². The first-order chi connectivity index (χ1) is 10.0. The fourth-order valence-electron chi connectivity index (χ4n) is 1.55. The molecule has 0 saturated heterocycles. The van der Waals surface area contributed by atoms with Crippen LogP contribution >= 0.6 is 22.6 Å². The number of hydrogen-bond acceptors (Lipinski definition) is 3. The maximum atomic E-state index is 11.7. The molecule has 108 valence electrons. The van der Waals surface area contributed by atoms with E-state index in [2.05, 4.69) is 38.2 Å². The largest absolute Gasteiger partial charge is 0.477 e. The third-order valence-electron chi connectivity index (χ3n) is 2.60. The summed E-state index contributed by atoms with van der Waals surface area (Å²) in [4.78, 5) is 26.1. The summed E-state index contributed by atoms with van der Waals surface area (Å²) in [5.41, 5.74) is 1.40. The van der Waals surface area contributed by atoms with Gasteiger partial charge in [-0.15, -0.1) is 0 Å². The number of pyridine rings is 1. The van der Waals surface area contributed by atoms with Crippen LogP contribution in [0, 0.1) is 3.57 Å². The molecular weight excluding hydrogens is 385 g/mol. The first-order valence-corrected chi connectivity index (χ1v) is 7.11. The van der Waals surface area contributed by atoms with E-state index in [1.807, 2.05) is 24.3 Å². The molecule has 0 bridgehead atoms. The summed E-state index contributed by atoms with van der Waals surface area (Å²) < 4.78 is 1.09. The molecule has 21 heavy (non-hydrogen) atoms. The standard InChI is InChI=1S/C14H12IN3O3/c15-10-2-4-11(5-3-10)18-14(21)17-8-9-1-6-12(13(19)20)16-7-9/h1-7H,8H2,(H,19,20)(H2,17,18,21). The summed E-state index contributed by atoms with van der Waals surface area (Å²) >= 11 is 2.18. The Hall–Kier alpha value is -2.16. The van der Waals surface area contributed by atoms with Crippen LogP contribution in [0.2, 0.25) is 0 Å². The number of halogens is 1. The normalized spacial score (nSPS) is 9.95. The van der Waals surface area contributed by atoms with Crippen LogP contribution in [0.3, 0.4) is 0 Å². The predicted octanol–water partition coefficient (Wildman–Crippen LogP) is 2.71. The van der Waals surface area contributed by atoms with Gasteiger partial charge in [0.1, 0.15) is 5.69 Å². The van der Waals surface area contributed by atoms with E-state index in [-0.39, 0.29) is 18.3 Å². The number of carbonyl (C=O) groups excluding carboxylic acids is 1. The first kappa shape index (κ1) is 15.2. The quantitative estimate of drug-likeness (QED) is 0.692. The highest BCUT2D eigenvalue weighted by atomic mass is 127. The lowest BCUT2D eigenvalue weighted by Crippen LogP contribution is -2.28. The lowest BCUT2D eigenvalue weighted by atomic mass is 10.2. The third kappa shape index (κ3) is 4.71. The van der Waals surface area contributed by atoms with E-state index >= 15 is 0 Å². The molecule has 0 fully saturated rings. The van der Waals surface area contributed by atoms with E-state index in [0.717, 1.165) is 9.13 Å². The second-order valence-electron chi connectivity index (χ2n) is 4.17. The van der Waals surface area contributed by atoms with E-state index in [1.165, 1.54) is 12.3 Å². The Morgan fingerprint density at radius 1 is 1.14 bits per heavy atom. The van der Waals surface area contributed by atoms with Crippen LogP contribution in [-0.2, 0) is 6.54 Å². The number of carbonyl (C=O) groups is 2. The smallest absolute Gasteiger partial charge is 0.354 e. The number of amides is 2. The number of hydrogen-bond donors (Lipinski definition) is 3. The molecule has 0 unspecified atom stereocenters. The highest BCUT2D eigenvalue weighted by Gasteiger charge is 2.05. The van der Waals surface area contributed by atoms with E-state index in [0.29, 0.717) is 5.69 Å². The molecule has 3 N–H and O–H groups in total. The number of anilines is 1. The van der Waals surface area contributed by atoms with Crippen molar-refractivity contribution in [3.63, 3.8) is 0 Å². The fourth-order valence-corrected chi connectivity index (χ4v) is 1.91. The summed E-state index contributed by atoms with van der Waals surface area (Å²) in [5.74, 6) is -1.08. The van der Waals surface area contributed by atoms with Crippen LogP contribution in [0.25, 0.3) is 0 Å². The second kappa shape index (κ2) is 7.02. The number of nitrogens with zero attached hydrogens (tertiary/aromatic N) is 1. The molecule has 7 heteroatoms. The monoisotopic (exact) mass is 397 g/mol. The van der Waals surface area contributed by atoms with Gasteiger partial charge in [-0.2, -0.15) is 0 Å². The Bertz CT molecular complexity index is 642. The van der Waals surface area contributed by atoms with E-state index in [9.17, 15) is 9.59 Å². The Kier molecular flexibility index (Phi) is 5.09. The maximum absolute atomic E-state index is 11.7. The van der Waals surface area contributed by atoms with Gasteiger partial charge in [0, 0.05) is 22.0 Å². The van der Waals surface area contributed by atoms with Crippen LogP contribution in [0.4, 0.5) is 10.5 Å². The number of rotatable bonds is 4. The van der Waals surface area contributed by atoms with Crippen molar-refractivity contribution in [2.75, 3.05) is 5.32 Å². The minimum atomic E-state index is -1.08. The lowest BCUT2D eigenvalue weighted by Gasteiger charge is -2.07. The van der Waals surface area contributed by atoms with Crippen molar-refractivity contribution in [1.82, 2.24) is 10.3 Å². The minimum Gasteiger partial charge on any atom is -0.477 e. The number of carboxylic acids is 1. The third-order valence-corrected chi connectivity index (χ3v) is 3.32. The molecule has 2 aromatic rings. The van der Waals surface area contributed by atoms with Gasteiger partial charge in [-0.3, -0.25) is 0 Å². The molecule has 0 aliphatic rings. The molecule has 6 nitrogen and oxygen atoms in total. The average Bonchev–Trinajstić information content (AvgIpc) is 2.48. The van der Waals surface area contributed by atoms with Gasteiger partial charge in [0.2, 0.25) is 0 Å². The van der Waals surface area contributed by atoms with Gasteiger partial charge in [-0.25, -0.2) is 14.6 Å². The number of carboxylic acid groups (broad SMARTS) is 1. The van der Waals surface area contributed by atoms with Gasteiger partial charge in [0.25, 0.3) is 0 Å². The highest BCUT2D eigenvalue weighted by Crippen LogP contribution is 2.10. The van der Waals surface area contributed by atoms with Crippen LogP contribution in [0.5, 0.6) is 0 Å². The molecule has 0 saturated carbocycles.